The predicted octanol–water partition coefficient (Wildman–Crippen LogP) is 1.45. The van der Waals surface area contributed by atoms with Crippen molar-refractivity contribution in [1.82, 2.24) is 15.2 Å². The highest BCUT2D eigenvalue weighted by Crippen LogP contribution is 2.14. The zero-order valence-electron chi connectivity index (χ0n) is 13.4. The lowest BCUT2D eigenvalue weighted by atomic mass is 10.1. The molecule has 1 aromatic heterocycles. The van der Waals surface area contributed by atoms with E-state index < -0.39 is 0 Å². The minimum atomic E-state index is -0.0551. The van der Waals surface area contributed by atoms with Crippen LogP contribution in [-0.2, 0) is 11.2 Å². The van der Waals surface area contributed by atoms with Gasteiger partial charge >= 0.3 is 0 Å². The first-order valence-electron chi connectivity index (χ1n) is 7.49. The Morgan fingerprint density at radius 3 is 2.77 bits per heavy atom. The van der Waals surface area contributed by atoms with Crippen LogP contribution in [0.1, 0.15) is 17.5 Å². The summed E-state index contributed by atoms with van der Waals surface area (Å²) >= 11 is 0. The molecule has 0 radical (unpaired) electrons. The molecule has 0 unspecified atom stereocenters. The highest BCUT2D eigenvalue weighted by molar-refractivity contribution is 5.80. The Hall–Kier alpha value is -2.14. The van der Waals surface area contributed by atoms with Gasteiger partial charge in [-0.2, -0.15) is 0 Å². The number of hydrogen-bond acceptors (Lipinski definition) is 3. The summed E-state index contributed by atoms with van der Waals surface area (Å²) in [7, 11) is 3.96. The molecule has 2 aromatic rings. The molecule has 2 N–H and O–H groups in total. The largest absolute Gasteiger partial charge is 0.355 e. The topological polar surface area (TPSA) is 65.2 Å². The molecule has 0 bridgehead atoms. The molecule has 22 heavy (non-hydrogen) atoms. The second kappa shape index (κ2) is 7.22. The number of hydrogen-bond donors (Lipinski definition) is 2. The molecule has 1 amide bonds. The Bertz CT molecular complexity index is 719. The molecule has 0 saturated heterocycles. The first-order valence-corrected chi connectivity index (χ1v) is 7.49. The quantitative estimate of drug-likeness (QED) is 0.848. The van der Waals surface area contributed by atoms with E-state index in [1.54, 1.807) is 6.92 Å². The summed E-state index contributed by atoms with van der Waals surface area (Å²) in [6.45, 7) is 3.31. The predicted molar refractivity (Wildman–Crippen MR) is 89.2 cm³/mol. The van der Waals surface area contributed by atoms with Crippen LogP contribution in [-0.4, -0.2) is 43.0 Å². The van der Waals surface area contributed by atoms with Gasteiger partial charge in [-0.3, -0.25) is 9.59 Å². The molecule has 5 nitrogen and oxygen atoms in total. The number of likely N-dealkylation sites (N-methyl/N-ethyl adjacent to an activating group) is 1. The molecule has 2 rings (SSSR count). The average Bonchev–Trinajstić information content (AvgIpc) is 2.46. The molecular weight excluding hydrogens is 278 g/mol. The third-order valence-electron chi connectivity index (χ3n) is 3.62. The highest BCUT2D eigenvalue weighted by atomic mass is 16.1. The lowest BCUT2D eigenvalue weighted by Gasteiger charge is -2.10. The van der Waals surface area contributed by atoms with Crippen molar-refractivity contribution in [2.75, 3.05) is 27.2 Å². The van der Waals surface area contributed by atoms with Crippen LogP contribution in [0.25, 0.3) is 10.9 Å². The summed E-state index contributed by atoms with van der Waals surface area (Å²) in [5, 5.41) is 3.91. The fraction of sp³-hybridized carbons (Fsp3) is 0.412. The van der Waals surface area contributed by atoms with Crippen molar-refractivity contribution >= 4 is 16.8 Å². The van der Waals surface area contributed by atoms with Crippen molar-refractivity contribution in [2.24, 2.45) is 0 Å². The van der Waals surface area contributed by atoms with Crippen molar-refractivity contribution in [1.29, 1.82) is 0 Å². The number of amides is 1. The molecular formula is C17H23N3O2. The zero-order chi connectivity index (χ0) is 16.1. The minimum absolute atomic E-state index is 0.0551. The van der Waals surface area contributed by atoms with Crippen molar-refractivity contribution in [3.05, 3.63) is 45.7 Å². The smallest absolute Gasteiger partial charge is 0.251 e. The van der Waals surface area contributed by atoms with Gasteiger partial charge in [-0.05, 0) is 56.6 Å². The molecule has 0 aliphatic heterocycles. The van der Waals surface area contributed by atoms with E-state index in [4.69, 9.17) is 0 Å². The number of benzene rings is 1. The van der Waals surface area contributed by atoms with Gasteiger partial charge in [0.1, 0.15) is 0 Å². The van der Waals surface area contributed by atoms with Crippen molar-refractivity contribution in [2.45, 2.75) is 19.8 Å². The van der Waals surface area contributed by atoms with Crippen LogP contribution in [0.4, 0.5) is 0 Å². The number of rotatable bonds is 6. The average molecular weight is 301 g/mol. The zero-order valence-corrected chi connectivity index (χ0v) is 13.4. The van der Waals surface area contributed by atoms with Gasteiger partial charge in [-0.25, -0.2) is 0 Å². The molecule has 1 heterocycles. The number of aromatic nitrogens is 1. The summed E-state index contributed by atoms with van der Waals surface area (Å²) in [6.07, 6.45) is 1.17. The number of carbonyl (C=O) groups excluding carboxylic acids is 1. The number of nitrogens with zero attached hydrogens (tertiary/aromatic N) is 1. The third kappa shape index (κ3) is 4.43. The Morgan fingerprint density at radius 2 is 2.05 bits per heavy atom. The Labute approximate surface area is 130 Å². The summed E-state index contributed by atoms with van der Waals surface area (Å²) in [6, 6.07) is 7.77. The maximum absolute atomic E-state index is 11.8. The Balaban J connectivity index is 1.96. The van der Waals surface area contributed by atoms with Crippen molar-refractivity contribution < 1.29 is 4.79 Å². The van der Waals surface area contributed by atoms with Crippen LogP contribution in [0.5, 0.6) is 0 Å². The Morgan fingerprint density at radius 1 is 1.27 bits per heavy atom. The van der Waals surface area contributed by atoms with E-state index in [1.165, 1.54) is 0 Å². The number of carbonyl (C=O) groups is 1. The van der Waals surface area contributed by atoms with Gasteiger partial charge in [-0.15, -0.1) is 0 Å². The number of pyridine rings is 1. The van der Waals surface area contributed by atoms with E-state index in [0.717, 1.165) is 23.0 Å². The van der Waals surface area contributed by atoms with Gasteiger partial charge < -0.3 is 15.2 Å². The van der Waals surface area contributed by atoms with E-state index in [-0.39, 0.29) is 11.5 Å². The third-order valence-corrected chi connectivity index (χ3v) is 3.62. The lowest BCUT2D eigenvalue weighted by molar-refractivity contribution is -0.121. The van der Waals surface area contributed by atoms with E-state index in [2.05, 4.69) is 10.3 Å². The number of nitrogens with one attached hydrogen (secondary N) is 2. The van der Waals surface area contributed by atoms with Gasteiger partial charge in [-0.1, -0.05) is 6.07 Å². The van der Waals surface area contributed by atoms with Crippen LogP contribution in [0.3, 0.4) is 0 Å². The maximum atomic E-state index is 11.8. The molecule has 0 aliphatic rings. The van der Waals surface area contributed by atoms with Crippen molar-refractivity contribution in [3.8, 4) is 0 Å². The van der Waals surface area contributed by atoms with Crippen LogP contribution in [0.15, 0.2) is 29.1 Å². The van der Waals surface area contributed by atoms with Gasteiger partial charge in [0.15, 0.2) is 0 Å². The van der Waals surface area contributed by atoms with Crippen LogP contribution in [0.2, 0.25) is 0 Å². The van der Waals surface area contributed by atoms with Crippen molar-refractivity contribution in [3.63, 3.8) is 0 Å². The molecule has 0 atom stereocenters. The highest BCUT2D eigenvalue weighted by Gasteiger charge is 2.04. The van der Waals surface area contributed by atoms with Crippen LogP contribution in [0, 0.1) is 6.92 Å². The first-order chi connectivity index (χ1) is 10.5. The molecule has 0 spiro atoms. The molecule has 1 aromatic carbocycles. The van der Waals surface area contributed by atoms with E-state index >= 15 is 0 Å². The van der Waals surface area contributed by atoms with Gasteiger partial charge in [0, 0.05) is 30.6 Å². The maximum Gasteiger partial charge on any atom is 0.251 e. The summed E-state index contributed by atoms with van der Waals surface area (Å²) in [5.41, 5.74) is 2.57. The van der Waals surface area contributed by atoms with Gasteiger partial charge in [0.25, 0.3) is 5.56 Å². The summed E-state index contributed by atoms with van der Waals surface area (Å²) in [5.74, 6) is 0.0691. The standard InChI is InChI=1S/C17H23N3O2/c1-12-10-14-11-13(4-6-15(14)19-17(12)22)5-7-16(21)18-8-9-20(2)3/h4,6,10-11H,5,7-9H2,1-3H3,(H,18,21)(H,19,22). The normalized spacial score (nSPS) is 11.1. The fourth-order valence-electron chi connectivity index (χ4n) is 2.29. The second-order valence-corrected chi connectivity index (χ2v) is 5.86. The monoisotopic (exact) mass is 301 g/mol. The molecule has 0 saturated carbocycles. The molecule has 118 valence electrons. The number of fused-ring (bicyclic) bond motifs is 1. The molecule has 5 heteroatoms. The first kappa shape index (κ1) is 16.2. The van der Waals surface area contributed by atoms with Gasteiger partial charge in [0.05, 0.1) is 0 Å². The number of H-pyrrole nitrogens is 1. The van der Waals surface area contributed by atoms with Gasteiger partial charge in [0.2, 0.25) is 5.91 Å². The lowest BCUT2D eigenvalue weighted by Crippen LogP contribution is -2.31. The van der Waals surface area contributed by atoms with E-state index in [9.17, 15) is 9.59 Å². The van der Waals surface area contributed by atoms with Crippen LogP contribution >= 0.6 is 0 Å². The second-order valence-electron chi connectivity index (χ2n) is 5.86. The van der Waals surface area contributed by atoms with E-state index in [0.29, 0.717) is 24.9 Å². The summed E-state index contributed by atoms with van der Waals surface area (Å²) in [4.78, 5) is 28.2. The SMILES string of the molecule is Cc1cc2cc(CCC(=O)NCCN(C)C)ccc2[nH]c1=O. The molecule has 0 aliphatic carbocycles. The van der Waals surface area contributed by atoms with E-state index in [1.807, 2.05) is 43.3 Å². The number of aromatic amines is 1. The Kier molecular flexibility index (Phi) is 5.33. The minimum Gasteiger partial charge on any atom is -0.355 e. The fourth-order valence-corrected chi connectivity index (χ4v) is 2.29. The van der Waals surface area contributed by atoms with Crippen LogP contribution < -0.4 is 10.9 Å². The molecule has 0 fully saturated rings. The number of aryl methyl sites for hydroxylation is 2. The summed E-state index contributed by atoms with van der Waals surface area (Å²) < 4.78 is 0.